The maximum atomic E-state index is 11.6. The van der Waals surface area contributed by atoms with E-state index in [0.717, 1.165) is 13.1 Å². The molecule has 0 aliphatic heterocycles. The first kappa shape index (κ1) is 15.0. The first-order valence-electron chi connectivity index (χ1n) is 6.05. The quantitative estimate of drug-likeness (QED) is 0.857. The summed E-state index contributed by atoms with van der Waals surface area (Å²) in [5.41, 5.74) is 0.678. The highest BCUT2D eigenvalue weighted by Gasteiger charge is 2.12. The van der Waals surface area contributed by atoms with Crippen LogP contribution < -0.4 is 5.32 Å². The van der Waals surface area contributed by atoms with Gasteiger partial charge in [-0.15, -0.1) is 0 Å². The summed E-state index contributed by atoms with van der Waals surface area (Å²) in [6, 6.07) is 7.48. The van der Waals surface area contributed by atoms with Crippen LogP contribution >= 0.6 is 0 Å². The summed E-state index contributed by atoms with van der Waals surface area (Å²) in [7, 11) is -1.13. The van der Waals surface area contributed by atoms with E-state index in [1.807, 2.05) is 6.07 Å². The Bertz CT molecular complexity index is 484. The molecule has 0 spiro atoms. The average molecular weight is 270 g/mol. The first-order chi connectivity index (χ1) is 8.32. The lowest BCUT2D eigenvalue weighted by Crippen LogP contribution is -2.31. The van der Waals surface area contributed by atoms with E-state index in [9.17, 15) is 8.42 Å². The zero-order chi connectivity index (χ0) is 13.8. The molecule has 0 unspecified atom stereocenters. The molecule has 0 radical (unpaired) electrons. The summed E-state index contributed by atoms with van der Waals surface area (Å²) in [5, 5.41) is 3.18. The maximum Gasteiger partial charge on any atom is 0.177 e. The number of nitrogens with zero attached hydrogens (tertiary/aromatic N) is 1. The van der Waals surface area contributed by atoms with Gasteiger partial charge in [-0.05, 0) is 33.0 Å². The second-order valence-corrected chi connectivity index (χ2v) is 6.75. The van der Waals surface area contributed by atoms with Gasteiger partial charge >= 0.3 is 0 Å². The van der Waals surface area contributed by atoms with Crippen molar-refractivity contribution in [3.05, 3.63) is 24.3 Å². The zero-order valence-corrected chi connectivity index (χ0v) is 12.3. The molecular formula is C13H22N2O2S. The lowest BCUT2D eigenvalue weighted by atomic mass is 10.3. The van der Waals surface area contributed by atoms with Crippen LogP contribution in [0.25, 0.3) is 0 Å². The minimum Gasteiger partial charge on any atom is -0.383 e. The van der Waals surface area contributed by atoms with Gasteiger partial charge in [-0.1, -0.05) is 12.1 Å². The number of likely N-dealkylation sites (N-methyl/N-ethyl adjacent to an activating group) is 1. The van der Waals surface area contributed by atoms with E-state index in [1.165, 1.54) is 6.26 Å². The van der Waals surface area contributed by atoms with Crippen molar-refractivity contribution in [1.82, 2.24) is 4.90 Å². The summed E-state index contributed by atoms with van der Waals surface area (Å²) < 4.78 is 23.2. The third kappa shape index (κ3) is 4.31. The van der Waals surface area contributed by atoms with E-state index in [4.69, 9.17) is 0 Å². The minimum atomic E-state index is -3.18. The third-order valence-corrected chi connectivity index (χ3v) is 4.10. The highest BCUT2D eigenvalue weighted by Crippen LogP contribution is 2.20. The second kappa shape index (κ2) is 6.20. The van der Waals surface area contributed by atoms with Gasteiger partial charge in [-0.25, -0.2) is 8.42 Å². The average Bonchev–Trinajstić information content (AvgIpc) is 2.28. The maximum absolute atomic E-state index is 11.6. The van der Waals surface area contributed by atoms with Crippen LogP contribution in [0.2, 0.25) is 0 Å². The molecule has 0 aliphatic carbocycles. The van der Waals surface area contributed by atoms with Crippen molar-refractivity contribution in [3.63, 3.8) is 0 Å². The Morgan fingerprint density at radius 2 is 1.89 bits per heavy atom. The Hall–Kier alpha value is -1.07. The molecule has 0 amide bonds. The fourth-order valence-corrected chi connectivity index (χ4v) is 2.43. The SMILES string of the molecule is CC(C)N(C)CCNc1ccccc1S(C)(=O)=O. The monoisotopic (exact) mass is 270 g/mol. The van der Waals surface area contributed by atoms with E-state index >= 15 is 0 Å². The summed E-state index contributed by atoms with van der Waals surface area (Å²) in [6.07, 6.45) is 1.23. The lowest BCUT2D eigenvalue weighted by Gasteiger charge is -2.21. The lowest BCUT2D eigenvalue weighted by molar-refractivity contribution is 0.284. The number of rotatable bonds is 6. The van der Waals surface area contributed by atoms with Gasteiger partial charge in [-0.2, -0.15) is 0 Å². The van der Waals surface area contributed by atoms with Crippen LogP contribution in [0, 0.1) is 0 Å². The van der Waals surface area contributed by atoms with Crippen LogP contribution in [0.4, 0.5) is 5.69 Å². The minimum absolute atomic E-state index is 0.359. The van der Waals surface area contributed by atoms with E-state index in [-0.39, 0.29) is 0 Å². The summed E-state index contributed by atoms with van der Waals surface area (Å²) >= 11 is 0. The number of para-hydroxylation sites is 1. The highest BCUT2D eigenvalue weighted by molar-refractivity contribution is 7.90. The zero-order valence-electron chi connectivity index (χ0n) is 11.5. The molecule has 5 heteroatoms. The molecule has 1 aromatic carbocycles. The normalized spacial score (nSPS) is 12.1. The van der Waals surface area contributed by atoms with Gasteiger partial charge in [0.05, 0.1) is 10.6 Å². The van der Waals surface area contributed by atoms with Crippen molar-refractivity contribution in [3.8, 4) is 0 Å². The van der Waals surface area contributed by atoms with Gasteiger partial charge in [0, 0.05) is 25.4 Å². The molecule has 0 aromatic heterocycles. The molecule has 1 aromatic rings. The molecule has 0 bridgehead atoms. The number of hydrogen-bond acceptors (Lipinski definition) is 4. The number of benzene rings is 1. The molecule has 1 rings (SSSR count). The first-order valence-corrected chi connectivity index (χ1v) is 7.94. The second-order valence-electron chi connectivity index (χ2n) is 4.77. The molecule has 0 heterocycles. The fourth-order valence-electron chi connectivity index (χ4n) is 1.56. The van der Waals surface area contributed by atoms with Crippen LogP contribution in [0.15, 0.2) is 29.2 Å². The largest absolute Gasteiger partial charge is 0.383 e. The Kier molecular flexibility index (Phi) is 5.16. The van der Waals surface area contributed by atoms with Crippen molar-refractivity contribution < 1.29 is 8.42 Å². The van der Waals surface area contributed by atoms with Crippen LogP contribution in [-0.4, -0.2) is 45.8 Å². The number of nitrogens with one attached hydrogen (secondary N) is 1. The van der Waals surface area contributed by atoms with Crippen molar-refractivity contribution >= 4 is 15.5 Å². The van der Waals surface area contributed by atoms with Gasteiger partial charge in [0.1, 0.15) is 0 Å². The van der Waals surface area contributed by atoms with Crippen LogP contribution in [-0.2, 0) is 9.84 Å². The molecule has 1 N–H and O–H groups in total. The van der Waals surface area contributed by atoms with Crippen molar-refractivity contribution in [1.29, 1.82) is 0 Å². The number of hydrogen-bond donors (Lipinski definition) is 1. The Balaban J connectivity index is 2.69. The molecule has 0 fully saturated rings. The van der Waals surface area contributed by atoms with Crippen LogP contribution in [0.1, 0.15) is 13.8 Å². The molecule has 0 saturated carbocycles. The Labute approximate surface area is 110 Å². The van der Waals surface area contributed by atoms with E-state index in [1.54, 1.807) is 18.2 Å². The summed E-state index contributed by atoms with van der Waals surface area (Å²) in [6.45, 7) is 5.85. The standard InChI is InChI=1S/C13H22N2O2S/c1-11(2)15(3)10-9-14-12-7-5-6-8-13(12)18(4,16)17/h5-8,11,14H,9-10H2,1-4H3. The molecule has 0 aliphatic rings. The fraction of sp³-hybridized carbons (Fsp3) is 0.538. The molecule has 102 valence electrons. The van der Waals surface area contributed by atoms with Crippen molar-refractivity contribution in [2.24, 2.45) is 0 Å². The smallest absolute Gasteiger partial charge is 0.177 e. The molecule has 0 saturated heterocycles. The van der Waals surface area contributed by atoms with Crippen LogP contribution in [0.3, 0.4) is 0 Å². The Morgan fingerprint density at radius 3 is 2.44 bits per heavy atom. The topological polar surface area (TPSA) is 49.4 Å². The van der Waals surface area contributed by atoms with Gasteiger partial charge < -0.3 is 10.2 Å². The van der Waals surface area contributed by atoms with Crippen molar-refractivity contribution in [2.45, 2.75) is 24.8 Å². The Morgan fingerprint density at radius 1 is 1.28 bits per heavy atom. The molecule has 0 atom stereocenters. The van der Waals surface area contributed by atoms with E-state index < -0.39 is 9.84 Å². The summed E-state index contributed by atoms with van der Waals surface area (Å²) in [4.78, 5) is 2.56. The third-order valence-electron chi connectivity index (χ3n) is 2.95. The predicted molar refractivity (Wildman–Crippen MR) is 75.8 cm³/mol. The molecule has 18 heavy (non-hydrogen) atoms. The van der Waals surface area contributed by atoms with Gasteiger partial charge in [-0.3, -0.25) is 0 Å². The van der Waals surface area contributed by atoms with Gasteiger partial charge in [0.25, 0.3) is 0 Å². The van der Waals surface area contributed by atoms with Gasteiger partial charge in [0.2, 0.25) is 0 Å². The number of anilines is 1. The van der Waals surface area contributed by atoms with Crippen molar-refractivity contribution in [2.75, 3.05) is 31.7 Å². The molecule has 4 nitrogen and oxygen atoms in total. The number of sulfone groups is 1. The van der Waals surface area contributed by atoms with E-state index in [0.29, 0.717) is 16.6 Å². The van der Waals surface area contributed by atoms with E-state index in [2.05, 4.69) is 31.1 Å². The van der Waals surface area contributed by atoms with Crippen LogP contribution in [0.5, 0.6) is 0 Å². The summed E-state index contributed by atoms with van der Waals surface area (Å²) in [5.74, 6) is 0. The highest BCUT2D eigenvalue weighted by atomic mass is 32.2. The molecular weight excluding hydrogens is 248 g/mol. The van der Waals surface area contributed by atoms with Gasteiger partial charge in [0.15, 0.2) is 9.84 Å². The predicted octanol–water partition coefficient (Wildman–Crippen LogP) is 1.84.